The van der Waals surface area contributed by atoms with Crippen LogP contribution in [0.1, 0.15) is 82.0 Å². The Kier molecular flexibility index (Phi) is 9.84. The molecule has 5 rings (SSSR count). The second-order valence-electron chi connectivity index (χ2n) is 12.7. The van der Waals surface area contributed by atoms with Gasteiger partial charge in [0, 0.05) is 29.4 Å². The molecular formula is C40H38O9. The number of aromatic hydroxyl groups is 7. The van der Waals surface area contributed by atoms with Gasteiger partial charge in [0.25, 0.3) is 0 Å². The highest BCUT2D eigenvalue weighted by Crippen LogP contribution is 2.53. The van der Waals surface area contributed by atoms with Crippen LogP contribution in [0.2, 0.25) is 0 Å². The highest BCUT2D eigenvalue weighted by atomic mass is 16.3. The molecule has 0 saturated heterocycles. The zero-order valence-electron chi connectivity index (χ0n) is 27.2. The van der Waals surface area contributed by atoms with E-state index in [1.165, 1.54) is 66.8 Å². The van der Waals surface area contributed by atoms with Crippen molar-refractivity contribution in [3.05, 3.63) is 124 Å². The number of carbonyl (C=O) groups is 2. The molecule has 0 spiro atoms. The van der Waals surface area contributed by atoms with Crippen LogP contribution < -0.4 is 0 Å². The molecule has 1 aliphatic carbocycles. The highest BCUT2D eigenvalue weighted by Gasteiger charge is 2.43. The molecule has 0 aliphatic heterocycles. The molecule has 0 fully saturated rings. The summed E-state index contributed by atoms with van der Waals surface area (Å²) >= 11 is 0. The van der Waals surface area contributed by atoms with Crippen molar-refractivity contribution in [1.82, 2.24) is 0 Å². The number of ketones is 2. The zero-order valence-corrected chi connectivity index (χ0v) is 27.2. The molecule has 1 aliphatic rings. The fourth-order valence-electron chi connectivity index (χ4n) is 6.36. The lowest BCUT2D eigenvalue weighted by atomic mass is 9.65. The number of benzene rings is 4. The van der Waals surface area contributed by atoms with Gasteiger partial charge in [-0.05, 0) is 78.9 Å². The van der Waals surface area contributed by atoms with Crippen LogP contribution in [-0.4, -0.2) is 47.3 Å². The lowest BCUT2D eigenvalue weighted by molar-refractivity contribution is 0.0876. The van der Waals surface area contributed by atoms with E-state index in [0.717, 1.165) is 11.6 Å². The number of phenolic OH excluding ortho intramolecular Hbond substituents is 7. The minimum Gasteiger partial charge on any atom is -0.508 e. The first-order valence-corrected chi connectivity index (χ1v) is 15.8. The van der Waals surface area contributed by atoms with Gasteiger partial charge in [0.15, 0.2) is 11.6 Å². The summed E-state index contributed by atoms with van der Waals surface area (Å²) in [5.74, 6) is -6.14. The quantitative estimate of drug-likeness (QED) is 0.0533. The van der Waals surface area contributed by atoms with E-state index >= 15 is 0 Å². The monoisotopic (exact) mass is 662 g/mol. The summed E-state index contributed by atoms with van der Waals surface area (Å²) in [6.45, 7) is 5.63. The third kappa shape index (κ3) is 7.16. The number of Topliss-reactive ketones (excluding diaryl/α,β-unsaturated/α-hetero) is 1. The maximum atomic E-state index is 14.7. The number of rotatable bonds is 9. The third-order valence-electron chi connectivity index (χ3n) is 8.76. The molecular weight excluding hydrogens is 624 g/mol. The molecule has 0 amide bonds. The van der Waals surface area contributed by atoms with Gasteiger partial charge in [-0.15, -0.1) is 0 Å². The zero-order chi connectivity index (χ0) is 35.6. The summed E-state index contributed by atoms with van der Waals surface area (Å²) in [7, 11) is 0. The molecule has 0 aromatic heterocycles. The van der Waals surface area contributed by atoms with E-state index in [2.05, 4.69) is 0 Å². The van der Waals surface area contributed by atoms with Gasteiger partial charge in [-0.2, -0.15) is 0 Å². The first kappa shape index (κ1) is 34.4. The van der Waals surface area contributed by atoms with Crippen LogP contribution in [0.25, 0.3) is 12.2 Å². The maximum absolute atomic E-state index is 14.7. The van der Waals surface area contributed by atoms with E-state index in [1.54, 1.807) is 31.2 Å². The minimum absolute atomic E-state index is 0.0429. The number of hydrogen-bond acceptors (Lipinski definition) is 9. The molecule has 0 heterocycles. The SMILES string of the molecule is CC1=C[C@H](c2c(O)ccc(C(=O)C=Cc3ccc(O)cc3)c2O)[C@H](C(=O)c2ccc(O)c(C=CC(C)C)c2O)[C@@H](c2ccc(O)cc2O)C1. The molecule has 252 valence electrons. The van der Waals surface area contributed by atoms with Crippen LogP contribution in [0.15, 0.2) is 90.5 Å². The van der Waals surface area contributed by atoms with Crippen molar-refractivity contribution in [2.45, 2.75) is 39.0 Å². The summed E-state index contributed by atoms with van der Waals surface area (Å²) in [5.41, 5.74) is 1.37. The minimum atomic E-state index is -1.16. The first-order chi connectivity index (χ1) is 23.3. The molecule has 4 aromatic rings. The van der Waals surface area contributed by atoms with Gasteiger partial charge in [-0.3, -0.25) is 9.59 Å². The number of hydrogen-bond donors (Lipinski definition) is 7. The van der Waals surface area contributed by atoms with E-state index in [4.69, 9.17) is 0 Å². The van der Waals surface area contributed by atoms with E-state index in [1.807, 2.05) is 13.8 Å². The van der Waals surface area contributed by atoms with Gasteiger partial charge in [-0.25, -0.2) is 0 Å². The Morgan fingerprint density at radius 1 is 0.735 bits per heavy atom. The average Bonchev–Trinajstić information content (AvgIpc) is 3.04. The van der Waals surface area contributed by atoms with Crippen LogP contribution in [-0.2, 0) is 0 Å². The Labute approximate surface area is 283 Å². The predicted molar refractivity (Wildman–Crippen MR) is 186 cm³/mol. The number of allylic oxidation sites excluding steroid dienone is 4. The lowest BCUT2D eigenvalue weighted by Gasteiger charge is -2.37. The van der Waals surface area contributed by atoms with Crippen molar-refractivity contribution < 1.29 is 45.3 Å². The fourth-order valence-corrected chi connectivity index (χ4v) is 6.36. The first-order valence-electron chi connectivity index (χ1n) is 15.8. The fraction of sp³-hybridized carbons (Fsp3) is 0.200. The van der Waals surface area contributed by atoms with Crippen LogP contribution >= 0.6 is 0 Å². The Bertz CT molecular complexity index is 2000. The highest BCUT2D eigenvalue weighted by molar-refractivity contribution is 6.09. The lowest BCUT2D eigenvalue weighted by Crippen LogP contribution is -2.32. The topological polar surface area (TPSA) is 176 Å². The summed E-state index contributed by atoms with van der Waals surface area (Å²) < 4.78 is 0. The number of phenols is 7. The average molecular weight is 663 g/mol. The van der Waals surface area contributed by atoms with E-state index in [0.29, 0.717) is 11.1 Å². The van der Waals surface area contributed by atoms with Gasteiger partial charge >= 0.3 is 0 Å². The van der Waals surface area contributed by atoms with Crippen molar-refractivity contribution in [2.75, 3.05) is 0 Å². The van der Waals surface area contributed by atoms with Crippen molar-refractivity contribution >= 4 is 23.7 Å². The van der Waals surface area contributed by atoms with E-state index < -0.39 is 40.8 Å². The third-order valence-corrected chi connectivity index (χ3v) is 8.76. The van der Waals surface area contributed by atoms with Crippen LogP contribution in [0.3, 0.4) is 0 Å². The van der Waals surface area contributed by atoms with Gasteiger partial charge in [-0.1, -0.05) is 61.9 Å². The molecule has 0 saturated carbocycles. The van der Waals surface area contributed by atoms with E-state index in [-0.39, 0.29) is 63.3 Å². The molecule has 9 heteroatoms. The second-order valence-corrected chi connectivity index (χ2v) is 12.7. The summed E-state index contributed by atoms with van der Waals surface area (Å²) in [6, 6.07) is 15.3. The molecule has 0 radical (unpaired) electrons. The van der Waals surface area contributed by atoms with Gasteiger partial charge < -0.3 is 35.7 Å². The molecule has 0 unspecified atom stereocenters. The molecule has 7 N–H and O–H groups in total. The van der Waals surface area contributed by atoms with Gasteiger partial charge in [0.2, 0.25) is 0 Å². The Balaban J connectivity index is 1.68. The maximum Gasteiger partial charge on any atom is 0.189 e. The van der Waals surface area contributed by atoms with Crippen molar-refractivity contribution in [1.29, 1.82) is 0 Å². The smallest absolute Gasteiger partial charge is 0.189 e. The van der Waals surface area contributed by atoms with Crippen LogP contribution in [0, 0.1) is 11.8 Å². The molecule has 3 atom stereocenters. The van der Waals surface area contributed by atoms with Crippen molar-refractivity contribution in [3.8, 4) is 40.2 Å². The predicted octanol–water partition coefficient (Wildman–Crippen LogP) is 7.91. The molecule has 9 nitrogen and oxygen atoms in total. The molecule has 49 heavy (non-hydrogen) atoms. The second kappa shape index (κ2) is 14.0. The van der Waals surface area contributed by atoms with Crippen molar-refractivity contribution in [2.24, 2.45) is 11.8 Å². The van der Waals surface area contributed by atoms with Gasteiger partial charge in [0.05, 0.1) is 16.7 Å². The van der Waals surface area contributed by atoms with Gasteiger partial charge in [0.1, 0.15) is 40.2 Å². The number of carbonyl (C=O) groups excluding carboxylic acids is 2. The van der Waals surface area contributed by atoms with Crippen LogP contribution in [0.4, 0.5) is 0 Å². The Morgan fingerprint density at radius 2 is 1.39 bits per heavy atom. The Morgan fingerprint density at radius 3 is 2.06 bits per heavy atom. The summed E-state index contributed by atoms with van der Waals surface area (Å²) in [6.07, 6.45) is 8.00. The summed E-state index contributed by atoms with van der Waals surface area (Å²) in [5, 5.41) is 75.3. The molecule has 4 aromatic carbocycles. The Hall–Kier alpha value is -5.96. The van der Waals surface area contributed by atoms with Crippen molar-refractivity contribution in [3.63, 3.8) is 0 Å². The largest absolute Gasteiger partial charge is 0.508 e. The molecule has 0 bridgehead atoms. The standard InChI is InChI=1S/C40H38O9/c1-21(2)4-11-27-33(44)16-14-29(38(27)47)40(49)36-30(26-12-10-25(42)20-35(26)46)18-22(3)19-31(36)37-34(45)17-13-28(39(37)48)32(43)15-7-23-5-8-24(41)9-6-23/h4-17,19-21,30-31,36,41-42,44-48H,18H2,1-3H3/t30-,31+,36-/m1/s1. The van der Waals surface area contributed by atoms with Crippen LogP contribution in [0.5, 0.6) is 40.2 Å². The normalized spacial score (nSPS) is 17.9. The van der Waals surface area contributed by atoms with E-state index in [9.17, 15) is 45.3 Å². The summed E-state index contributed by atoms with van der Waals surface area (Å²) in [4.78, 5) is 28.1.